The Morgan fingerprint density at radius 1 is 1.38 bits per heavy atom. The maximum atomic E-state index is 5.84. The lowest BCUT2D eigenvalue weighted by atomic mass is 10.2. The van der Waals surface area contributed by atoms with Crippen LogP contribution >= 0.6 is 11.8 Å². The highest BCUT2D eigenvalue weighted by atomic mass is 32.2. The highest BCUT2D eigenvalue weighted by Crippen LogP contribution is 2.24. The van der Waals surface area contributed by atoms with E-state index in [0.29, 0.717) is 5.25 Å². The summed E-state index contributed by atoms with van der Waals surface area (Å²) in [5.41, 5.74) is 9.20. The predicted octanol–water partition coefficient (Wildman–Crippen LogP) is 2.70. The van der Waals surface area contributed by atoms with Gasteiger partial charge in [-0.2, -0.15) is 0 Å². The summed E-state index contributed by atoms with van der Waals surface area (Å²) in [6.45, 7) is 6.22. The van der Waals surface area contributed by atoms with E-state index in [2.05, 4.69) is 35.9 Å². The average Bonchev–Trinajstić information content (AvgIpc) is 2.58. The number of imidazole rings is 1. The van der Waals surface area contributed by atoms with Gasteiger partial charge in [-0.05, 0) is 31.5 Å². The molecular weight excluding hydrogens is 218 g/mol. The van der Waals surface area contributed by atoms with Crippen LogP contribution in [0.15, 0.2) is 23.4 Å². The van der Waals surface area contributed by atoms with Crippen LogP contribution in [-0.4, -0.2) is 21.3 Å². The third kappa shape index (κ3) is 2.39. The Labute approximate surface area is 99.8 Å². The molecule has 86 valence electrons. The molecular formula is C12H17N3S. The van der Waals surface area contributed by atoms with Gasteiger partial charge in [-0.1, -0.05) is 24.8 Å². The van der Waals surface area contributed by atoms with E-state index in [9.17, 15) is 0 Å². The van der Waals surface area contributed by atoms with Gasteiger partial charge in [0, 0.05) is 11.3 Å². The van der Waals surface area contributed by atoms with E-state index in [1.54, 1.807) is 11.8 Å². The number of benzene rings is 1. The van der Waals surface area contributed by atoms with Crippen molar-refractivity contribution < 1.29 is 0 Å². The van der Waals surface area contributed by atoms with Crippen molar-refractivity contribution in [3.8, 4) is 0 Å². The maximum absolute atomic E-state index is 5.84. The smallest absolute Gasteiger partial charge is 0.166 e. The first-order valence-electron chi connectivity index (χ1n) is 5.45. The van der Waals surface area contributed by atoms with Crippen molar-refractivity contribution in [1.82, 2.24) is 9.97 Å². The molecule has 0 fully saturated rings. The van der Waals surface area contributed by atoms with Crippen molar-refractivity contribution in [2.24, 2.45) is 5.73 Å². The summed E-state index contributed by atoms with van der Waals surface area (Å²) in [4.78, 5) is 7.85. The molecule has 0 spiro atoms. The molecule has 2 unspecified atom stereocenters. The molecule has 0 bridgehead atoms. The van der Waals surface area contributed by atoms with Gasteiger partial charge in [-0.25, -0.2) is 4.98 Å². The Hall–Kier alpha value is -1.00. The third-order valence-electron chi connectivity index (χ3n) is 2.65. The molecule has 3 N–H and O–H groups in total. The fourth-order valence-electron chi connectivity index (χ4n) is 1.44. The highest BCUT2D eigenvalue weighted by Gasteiger charge is 2.12. The third-order valence-corrected chi connectivity index (χ3v) is 3.87. The van der Waals surface area contributed by atoms with E-state index in [1.807, 2.05) is 13.0 Å². The van der Waals surface area contributed by atoms with E-state index in [-0.39, 0.29) is 6.04 Å². The van der Waals surface area contributed by atoms with Crippen molar-refractivity contribution in [1.29, 1.82) is 0 Å². The van der Waals surface area contributed by atoms with E-state index in [0.717, 1.165) is 16.2 Å². The summed E-state index contributed by atoms with van der Waals surface area (Å²) < 4.78 is 0. The van der Waals surface area contributed by atoms with Crippen LogP contribution in [0.1, 0.15) is 19.4 Å². The normalized spacial score (nSPS) is 15.2. The Morgan fingerprint density at radius 3 is 2.81 bits per heavy atom. The largest absolute Gasteiger partial charge is 0.333 e. The topological polar surface area (TPSA) is 54.7 Å². The van der Waals surface area contributed by atoms with Crippen LogP contribution in [-0.2, 0) is 0 Å². The van der Waals surface area contributed by atoms with E-state index in [1.165, 1.54) is 5.56 Å². The lowest BCUT2D eigenvalue weighted by molar-refractivity contribution is 0.728. The summed E-state index contributed by atoms with van der Waals surface area (Å²) in [6, 6.07) is 6.40. The zero-order valence-corrected chi connectivity index (χ0v) is 10.6. The van der Waals surface area contributed by atoms with Gasteiger partial charge in [0.15, 0.2) is 5.16 Å². The first kappa shape index (κ1) is 11.5. The van der Waals surface area contributed by atoms with Crippen LogP contribution < -0.4 is 5.73 Å². The molecule has 16 heavy (non-hydrogen) atoms. The number of aryl methyl sites for hydroxylation is 1. The number of nitrogens with one attached hydrogen (secondary N) is 1. The van der Waals surface area contributed by atoms with Gasteiger partial charge in [0.25, 0.3) is 0 Å². The molecule has 2 aromatic rings. The molecule has 1 aromatic heterocycles. The lowest BCUT2D eigenvalue weighted by Gasteiger charge is -2.12. The fourth-order valence-corrected chi connectivity index (χ4v) is 2.33. The first-order valence-corrected chi connectivity index (χ1v) is 6.33. The standard InChI is InChI=1S/C12H17N3S/c1-7-4-5-10-11(6-7)15-12(14-10)16-9(3)8(2)13/h4-6,8-9H,13H2,1-3H3,(H,14,15). The van der Waals surface area contributed by atoms with Crippen LogP contribution in [0.2, 0.25) is 0 Å². The minimum atomic E-state index is 0.167. The summed E-state index contributed by atoms with van der Waals surface area (Å²) in [5.74, 6) is 0. The summed E-state index contributed by atoms with van der Waals surface area (Å²) in [6.07, 6.45) is 0. The molecule has 0 aliphatic carbocycles. The van der Waals surface area contributed by atoms with Crippen LogP contribution in [0.4, 0.5) is 0 Å². The molecule has 4 heteroatoms. The molecule has 0 saturated carbocycles. The molecule has 0 saturated heterocycles. The number of aromatic amines is 1. The molecule has 0 aliphatic rings. The Bertz CT molecular complexity index is 490. The van der Waals surface area contributed by atoms with E-state index in [4.69, 9.17) is 5.73 Å². The molecule has 1 aromatic carbocycles. The molecule has 0 aliphatic heterocycles. The lowest BCUT2D eigenvalue weighted by Crippen LogP contribution is -2.26. The number of nitrogens with zero attached hydrogens (tertiary/aromatic N) is 1. The summed E-state index contributed by atoms with van der Waals surface area (Å²) >= 11 is 1.69. The highest BCUT2D eigenvalue weighted by molar-refractivity contribution is 7.99. The molecule has 2 rings (SSSR count). The Morgan fingerprint density at radius 2 is 2.12 bits per heavy atom. The van der Waals surface area contributed by atoms with Crippen LogP contribution in [0, 0.1) is 6.92 Å². The number of hydrogen-bond acceptors (Lipinski definition) is 3. The number of H-pyrrole nitrogens is 1. The van der Waals surface area contributed by atoms with Gasteiger partial charge in [0.2, 0.25) is 0 Å². The quantitative estimate of drug-likeness (QED) is 0.804. The zero-order chi connectivity index (χ0) is 11.7. The summed E-state index contributed by atoms with van der Waals surface area (Å²) in [7, 11) is 0. The van der Waals surface area contributed by atoms with Gasteiger partial charge in [-0.3, -0.25) is 0 Å². The first-order chi connectivity index (χ1) is 7.56. The van der Waals surface area contributed by atoms with Gasteiger partial charge in [0.1, 0.15) is 0 Å². The second-order valence-corrected chi connectivity index (χ2v) is 5.61. The van der Waals surface area contributed by atoms with Crippen molar-refractivity contribution in [2.75, 3.05) is 0 Å². The van der Waals surface area contributed by atoms with Crippen molar-refractivity contribution in [2.45, 2.75) is 37.2 Å². The average molecular weight is 235 g/mol. The summed E-state index contributed by atoms with van der Waals surface area (Å²) in [5, 5.41) is 1.31. The van der Waals surface area contributed by atoms with Crippen molar-refractivity contribution in [3.63, 3.8) is 0 Å². The van der Waals surface area contributed by atoms with Crippen LogP contribution in [0.3, 0.4) is 0 Å². The van der Waals surface area contributed by atoms with Gasteiger partial charge >= 0.3 is 0 Å². The maximum Gasteiger partial charge on any atom is 0.166 e. The SMILES string of the molecule is Cc1ccc2nc(SC(C)C(C)N)[nH]c2c1. The van der Waals surface area contributed by atoms with Crippen LogP contribution in [0.25, 0.3) is 11.0 Å². The van der Waals surface area contributed by atoms with E-state index >= 15 is 0 Å². The minimum absolute atomic E-state index is 0.167. The second-order valence-electron chi connectivity index (χ2n) is 4.24. The molecule has 1 heterocycles. The minimum Gasteiger partial charge on any atom is -0.333 e. The van der Waals surface area contributed by atoms with Crippen LogP contribution in [0.5, 0.6) is 0 Å². The molecule has 0 amide bonds. The molecule has 3 nitrogen and oxygen atoms in total. The van der Waals surface area contributed by atoms with Crippen molar-refractivity contribution in [3.05, 3.63) is 23.8 Å². The monoisotopic (exact) mass is 235 g/mol. The second kappa shape index (κ2) is 4.47. The zero-order valence-electron chi connectivity index (χ0n) is 9.82. The fraction of sp³-hybridized carbons (Fsp3) is 0.417. The molecule has 2 atom stereocenters. The Balaban J connectivity index is 2.26. The number of thioether (sulfide) groups is 1. The number of nitrogens with two attached hydrogens (primary N) is 1. The number of rotatable bonds is 3. The Kier molecular flexibility index (Phi) is 3.21. The van der Waals surface area contributed by atoms with Gasteiger partial charge in [-0.15, -0.1) is 0 Å². The predicted molar refractivity (Wildman–Crippen MR) is 69.8 cm³/mol. The number of fused-ring (bicyclic) bond motifs is 1. The van der Waals surface area contributed by atoms with Gasteiger partial charge < -0.3 is 10.7 Å². The van der Waals surface area contributed by atoms with Gasteiger partial charge in [0.05, 0.1) is 11.0 Å². The number of aromatic nitrogens is 2. The number of hydrogen-bond donors (Lipinski definition) is 2. The molecule has 0 radical (unpaired) electrons. The van der Waals surface area contributed by atoms with E-state index < -0.39 is 0 Å². The van der Waals surface area contributed by atoms with Crippen molar-refractivity contribution >= 4 is 22.8 Å².